The van der Waals surface area contributed by atoms with Crippen molar-refractivity contribution < 1.29 is 14.7 Å². The average molecular weight is 397 g/mol. The van der Waals surface area contributed by atoms with Crippen molar-refractivity contribution in [3.05, 3.63) is 68.4 Å². The third-order valence-corrected chi connectivity index (χ3v) is 6.10. The van der Waals surface area contributed by atoms with E-state index in [9.17, 15) is 14.7 Å². The highest BCUT2D eigenvalue weighted by Crippen LogP contribution is 2.44. The third kappa shape index (κ3) is 2.96. The molecule has 1 saturated heterocycles. The lowest BCUT2D eigenvalue weighted by molar-refractivity contribution is -0.132. The smallest absolute Gasteiger partial charge is 0.301 e. The van der Waals surface area contributed by atoms with Gasteiger partial charge < -0.3 is 5.11 Å². The van der Waals surface area contributed by atoms with Gasteiger partial charge in [0.2, 0.25) is 5.13 Å². The second kappa shape index (κ2) is 6.71. The zero-order valence-corrected chi connectivity index (χ0v) is 16.2. The van der Waals surface area contributed by atoms with E-state index in [1.165, 1.54) is 33.1 Å². The first-order valence-corrected chi connectivity index (χ1v) is 9.87. The van der Waals surface area contributed by atoms with Gasteiger partial charge >= 0.3 is 5.91 Å². The highest BCUT2D eigenvalue weighted by atomic mass is 32.1. The number of anilines is 1. The van der Waals surface area contributed by atoms with Gasteiger partial charge in [0.05, 0.1) is 5.57 Å². The number of rotatable bonds is 3. The van der Waals surface area contributed by atoms with Crippen molar-refractivity contribution in [2.45, 2.75) is 19.9 Å². The van der Waals surface area contributed by atoms with E-state index in [1.54, 1.807) is 12.1 Å². The summed E-state index contributed by atoms with van der Waals surface area (Å²) in [6.45, 7) is 3.89. The molecule has 2 aromatic heterocycles. The van der Waals surface area contributed by atoms with E-state index < -0.39 is 17.7 Å². The lowest BCUT2D eigenvalue weighted by Crippen LogP contribution is -2.29. The molecule has 4 rings (SSSR count). The summed E-state index contributed by atoms with van der Waals surface area (Å²) in [5.74, 6) is -1.62. The predicted octanol–water partition coefficient (Wildman–Crippen LogP) is 3.84. The number of carbonyl (C=O) groups is 2. The van der Waals surface area contributed by atoms with E-state index in [4.69, 9.17) is 0 Å². The first-order chi connectivity index (χ1) is 13.0. The van der Waals surface area contributed by atoms with E-state index in [-0.39, 0.29) is 11.3 Å². The van der Waals surface area contributed by atoms with Crippen LogP contribution in [0.3, 0.4) is 0 Å². The molecule has 0 aliphatic carbocycles. The van der Waals surface area contributed by atoms with Crippen LogP contribution in [0.5, 0.6) is 0 Å². The number of aromatic nitrogens is 2. The number of ketones is 1. The number of Topliss-reactive ketones (excluding diaryl/α,β-unsaturated/α-hetero) is 1. The topological polar surface area (TPSA) is 83.4 Å². The van der Waals surface area contributed by atoms with Crippen molar-refractivity contribution in [2.24, 2.45) is 0 Å². The summed E-state index contributed by atoms with van der Waals surface area (Å²) in [6.07, 6.45) is 0. The molecule has 0 radical (unpaired) electrons. The molecule has 1 unspecified atom stereocenters. The molecule has 3 heterocycles. The maximum Gasteiger partial charge on any atom is 0.301 e. The molecule has 1 aliphatic rings. The molecule has 0 spiro atoms. The molecule has 1 amide bonds. The highest BCUT2D eigenvalue weighted by Gasteiger charge is 2.48. The van der Waals surface area contributed by atoms with Crippen LogP contribution in [0.4, 0.5) is 5.13 Å². The van der Waals surface area contributed by atoms with Crippen molar-refractivity contribution in [2.75, 3.05) is 4.90 Å². The molecule has 1 N–H and O–H groups in total. The number of hydrogen-bond donors (Lipinski definition) is 1. The fourth-order valence-corrected chi connectivity index (χ4v) is 4.60. The van der Waals surface area contributed by atoms with Gasteiger partial charge in [-0.15, -0.1) is 21.5 Å². The monoisotopic (exact) mass is 397 g/mol. The van der Waals surface area contributed by atoms with Gasteiger partial charge in [0.25, 0.3) is 5.78 Å². The normalized spacial score (nSPS) is 19.0. The number of thiophene rings is 1. The zero-order chi connectivity index (χ0) is 19.1. The van der Waals surface area contributed by atoms with Crippen molar-refractivity contribution >= 4 is 45.3 Å². The predicted molar refractivity (Wildman–Crippen MR) is 105 cm³/mol. The highest BCUT2D eigenvalue weighted by molar-refractivity contribution is 7.14. The van der Waals surface area contributed by atoms with Gasteiger partial charge in [-0.1, -0.05) is 41.2 Å². The Morgan fingerprint density at radius 3 is 2.44 bits per heavy atom. The standard InChI is InChI=1S/C19H15N3O3S2/c1-10-3-6-12(7-4-10)16(23)14-15(13-8-5-11(2)27-13)22(18(25)17(14)24)19-21-20-9-26-19/h3-9,15,23H,1-2H3/b16-14+. The summed E-state index contributed by atoms with van der Waals surface area (Å²) in [5.41, 5.74) is 3.10. The summed E-state index contributed by atoms with van der Waals surface area (Å²) in [4.78, 5) is 28.8. The Kier molecular flexibility index (Phi) is 4.37. The number of aliphatic hydroxyl groups excluding tert-OH is 1. The number of amides is 1. The van der Waals surface area contributed by atoms with Crippen molar-refractivity contribution in [3.8, 4) is 0 Å². The van der Waals surface area contributed by atoms with Crippen molar-refractivity contribution in [1.82, 2.24) is 10.2 Å². The molecular formula is C19H15N3O3S2. The SMILES string of the molecule is Cc1ccc(/C(O)=C2\C(=O)C(=O)N(c3nncs3)C2c2ccc(C)s2)cc1. The maximum atomic E-state index is 12.8. The van der Waals surface area contributed by atoms with Gasteiger partial charge in [0.15, 0.2) is 0 Å². The Hall–Kier alpha value is -2.84. The van der Waals surface area contributed by atoms with Gasteiger partial charge in [-0.2, -0.15) is 0 Å². The molecule has 6 nitrogen and oxygen atoms in total. The Bertz CT molecular complexity index is 1050. The number of benzene rings is 1. The van der Waals surface area contributed by atoms with Crippen LogP contribution in [0.1, 0.15) is 26.9 Å². The summed E-state index contributed by atoms with van der Waals surface area (Å²) in [6, 6.07) is 10.2. The van der Waals surface area contributed by atoms with Crippen molar-refractivity contribution in [1.29, 1.82) is 0 Å². The Morgan fingerprint density at radius 1 is 1.11 bits per heavy atom. The second-order valence-electron chi connectivity index (χ2n) is 6.20. The van der Waals surface area contributed by atoms with Crippen LogP contribution in [-0.2, 0) is 9.59 Å². The number of hydrogen-bond acceptors (Lipinski definition) is 7. The van der Waals surface area contributed by atoms with Crippen LogP contribution in [-0.4, -0.2) is 27.0 Å². The van der Waals surface area contributed by atoms with Gasteiger partial charge in [0.1, 0.15) is 17.3 Å². The minimum atomic E-state index is -0.724. The summed E-state index contributed by atoms with van der Waals surface area (Å²) < 4.78 is 0. The first-order valence-electron chi connectivity index (χ1n) is 8.18. The van der Waals surface area contributed by atoms with E-state index in [2.05, 4.69) is 10.2 Å². The van der Waals surface area contributed by atoms with E-state index >= 15 is 0 Å². The second-order valence-corrected chi connectivity index (χ2v) is 8.34. The minimum absolute atomic E-state index is 0.0703. The number of aryl methyl sites for hydroxylation is 2. The first kappa shape index (κ1) is 17.6. The minimum Gasteiger partial charge on any atom is -0.507 e. The zero-order valence-electron chi connectivity index (χ0n) is 14.5. The van der Waals surface area contributed by atoms with E-state index in [1.807, 2.05) is 38.1 Å². The molecular weight excluding hydrogens is 382 g/mol. The molecule has 0 saturated carbocycles. The third-order valence-electron chi connectivity index (χ3n) is 4.35. The Morgan fingerprint density at radius 2 is 1.85 bits per heavy atom. The lowest BCUT2D eigenvalue weighted by Gasteiger charge is -2.20. The number of nitrogens with zero attached hydrogens (tertiary/aromatic N) is 3. The molecule has 136 valence electrons. The fraction of sp³-hybridized carbons (Fsp3) is 0.158. The maximum absolute atomic E-state index is 12.8. The van der Waals surface area contributed by atoms with Crippen LogP contribution >= 0.6 is 22.7 Å². The van der Waals surface area contributed by atoms with Crippen LogP contribution in [0.2, 0.25) is 0 Å². The van der Waals surface area contributed by atoms with Crippen LogP contribution in [0, 0.1) is 13.8 Å². The fourth-order valence-electron chi connectivity index (χ4n) is 3.04. The number of carbonyl (C=O) groups excluding carboxylic acids is 2. The molecule has 8 heteroatoms. The van der Waals surface area contributed by atoms with Crippen molar-refractivity contribution in [3.63, 3.8) is 0 Å². The largest absolute Gasteiger partial charge is 0.507 e. The van der Waals surface area contributed by atoms with Gasteiger partial charge in [0, 0.05) is 15.3 Å². The summed E-state index contributed by atoms with van der Waals surface area (Å²) in [7, 11) is 0. The molecule has 3 aromatic rings. The van der Waals surface area contributed by atoms with E-state index in [0.29, 0.717) is 10.7 Å². The Balaban J connectivity index is 1.93. The summed E-state index contributed by atoms with van der Waals surface area (Å²) >= 11 is 2.65. The van der Waals surface area contributed by atoms with Gasteiger partial charge in [-0.25, -0.2) is 0 Å². The average Bonchev–Trinajstić information content (AvgIpc) is 3.37. The molecule has 1 aliphatic heterocycles. The molecule has 1 aromatic carbocycles. The molecule has 27 heavy (non-hydrogen) atoms. The number of aliphatic hydroxyl groups is 1. The summed E-state index contributed by atoms with van der Waals surface area (Å²) in [5, 5.41) is 19.0. The lowest BCUT2D eigenvalue weighted by atomic mass is 9.99. The quantitative estimate of drug-likeness (QED) is 0.412. The Labute approximate surface area is 163 Å². The van der Waals surface area contributed by atoms with Gasteiger partial charge in [-0.05, 0) is 26.0 Å². The van der Waals surface area contributed by atoms with E-state index in [0.717, 1.165) is 15.3 Å². The van der Waals surface area contributed by atoms with Crippen LogP contribution in [0.25, 0.3) is 5.76 Å². The molecule has 0 bridgehead atoms. The molecule has 1 atom stereocenters. The molecule has 1 fully saturated rings. The van der Waals surface area contributed by atoms with Crippen LogP contribution in [0.15, 0.2) is 47.5 Å². The van der Waals surface area contributed by atoms with Crippen LogP contribution < -0.4 is 4.90 Å². The van der Waals surface area contributed by atoms with Gasteiger partial charge in [-0.3, -0.25) is 14.5 Å².